The minimum absolute atomic E-state index is 0.0244. The number of alkyl halides is 3. The van der Waals surface area contributed by atoms with Crippen molar-refractivity contribution in [2.45, 2.75) is 42.9 Å². The second-order valence-corrected chi connectivity index (χ2v) is 13.6. The number of halogens is 3. The highest BCUT2D eigenvalue weighted by atomic mass is 32.2. The lowest BCUT2D eigenvalue weighted by Crippen LogP contribution is -2.44. The van der Waals surface area contributed by atoms with Crippen molar-refractivity contribution in [2.75, 3.05) is 36.3 Å². The maximum Gasteiger partial charge on any atom is 0.413 e. The molecule has 2 aromatic heterocycles. The van der Waals surface area contributed by atoms with Gasteiger partial charge in [0.2, 0.25) is 5.91 Å². The van der Waals surface area contributed by atoms with Gasteiger partial charge in [0.05, 0.1) is 39.9 Å². The minimum Gasteiger partial charge on any atom is -0.339 e. The molecule has 1 fully saturated rings. The Kier molecular flexibility index (Phi) is 7.20. The summed E-state index contributed by atoms with van der Waals surface area (Å²) in [4.78, 5) is 20.1. The van der Waals surface area contributed by atoms with Gasteiger partial charge in [-0.1, -0.05) is 12.1 Å². The second-order valence-electron chi connectivity index (χ2n) is 9.96. The van der Waals surface area contributed by atoms with Crippen molar-refractivity contribution in [3.05, 3.63) is 47.8 Å². The quantitative estimate of drug-likeness (QED) is 0.453. The summed E-state index contributed by atoms with van der Waals surface area (Å²) in [6, 6.07) is 5.43. The maximum atomic E-state index is 14.2. The summed E-state index contributed by atoms with van der Waals surface area (Å²) in [7, 11) is -3.39. The van der Waals surface area contributed by atoms with E-state index in [1.54, 1.807) is 35.2 Å². The van der Waals surface area contributed by atoms with Crippen LogP contribution in [0.4, 0.5) is 24.5 Å². The van der Waals surface area contributed by atoms with Crippen LogP contribution < -0.4 is 4.90 Å². The molecule has 0 saturated carbocycles. The molecule has 0 radical (unpaired) electrons. The fraction of sp³-hybridized carbons (Fsp3) is 0.480. The number of fused-ring (bicyclic) bond motifs is 3. The number of aromatic nitrogens is 3. The molecule has 0 N–H and O–H groups in total. The number of hydrogen-bond donors (Lipinski definition) is 0. The molecule has 0 aliphatic carbocycles. The van der Waals surface area contributed by atoms with E-state index >= 15 is 0 Å². The van der Waals surface area contributed by atoms with Crippen LogP contribution in [0.15, 0.2) is 41.6 Å². The van der Waals surface area contributed by atoms with Crippen LogP contribution in [0.25, 0.3) is 5.65 Å². The minimum atomic E-state index is -4.73. The van der Waals surface area contributed by atoms with Crippen LogP contribution in [-0.4, -0.2) is 75.6 Å². The molecule has 210 valence electrons. The van der Waals surface area contributed by atoms with Gasteiger partial charge in [-0.15, -0.1) is 0 Å². The fourth-order valence-corrected chi connectivity index (χ4v) is 7.32. The molecule has 0 bridgehead atoms. The molecule has 1 aromatic carbocycles. The van der Waals surface area contributed by atoms with Crippen LogP contribution in [0.5, 0.6) is 0 Å². The van der Waals surface area contributed by atoms with Gasteiger partial charge in [-0.25, -0.2) is 17.9 Å². The Bertz CT molecular complexity index is 1530. The highest BCUT2D eigenvalue weighted by Gasteiger charge is 2.46. The summed E-state index contributed by atoms with van der Waals surface area (Å²) in [5.74, 6) is -1.86. The summed E-state index contributed by atoms with van der Waals surface area (Å²) in [6.07, 6.45) is 0.0476. The summed E-state index contributed by atoms with van der Waals surface area (Å²) in [6.45, 7) is 0.624. The van der Waals surface area contributed by atoms with Crippen LogP contribution in [0.2, 0.25) is 0 Å². The van der Waals surface area contributed by atoms with Crippen LogP contribution in [0.1, 0.15) is 36.6 Å². The van der Waals surface area contributed by atoms with E-state index in [9.17, 15) is 30.6 Å². The van der Waals surface area contributed by atoms with Gasteiger partial charge in [0.1, 0.15) is 9.84 Å². The largest absolute Gasteiger partial charge is 0.413 e. The lowest BCUT2D eigenvalue weighted by Gasteiger charge is -2.34. The summed E-state index contributed by atoms with van der Waals surface area (Å²) < 4.78 is 79.7. The molecule has 14 heteroatoms. The number of anilines is 2. The molecule has 39 heavy (non-hydrogen) atoms. The average Bonchev–Trinajstić information content (AvgIpc) is 3.33. The molecule has 2 atom stereocenters. The van der Waals surface area contributed by atoms with E-state index in [1.165, 1.54) is 12.1 Å². The molecule has 1 saturated heterocycles. The Morgan fingerprint density at radius 2 is 1.85 bits per heavy atom. The van der Waals surface area contributed by atoms with Crippen molar-refractivity contribution in [1.82, 2.24) is 19.5 Å². The van der Waals surface area contributed by atoms with Crippen molar-refractivity contribution < 1.29 is 30.6 Å². The van der Waals surface area contributed by atoms with Gasteiger partial charge in [0, 0.05) is 37.5 Å². The molecular formula is C25H28F3N5O4S2. The second kappa shape index (κ2) is 10.2. The van der Waals surface area contributed by atoms with E-state index in [0.717, 1.165) is 24.8 Å². The molecule has 3 aromatic rings. The predicted molar refractivity (Wildman–Crippen MR) is 140 cm³/mol. The Labute approximate surface area is 226 Å². The number of aryl methyl sites for hydroxylation is 1. The lowest BCUT2D eigenvalue weighted by atomic mass is 9.98. The number of benzene rings is 1. The van der Waals surface area contributed by atoms with Crippen LogP contribution in [-0.2, 0) is 31.9 Å². The van der Waals surface area contributed by atoms with E-state index in [0.29, 0.717) is 34.2 Å². The Hall–Kier alpha value is -3.00. The SMILES string of the molecule is CN(C(=O)C1CCS(=O)(=O)CC1)[C@@H](c1ccc(N2CCCc3c2cnc2cc(S(C)=O)nn32)cc1)C(F)(F)F. The van der Waals surface area contributed by atoms with Gasteiger partial charge >= 0.3 is 6.18 Å². The first kappa shape index (κ1) is 27.6. The third-order valence-electron chi connectivity index (χ3n) is 7.39. The maximum absolute atomic E-state index is 14.2. The molecule has 9 nitrogen and oxygen atoms in total. The number of sulfone groups is 1. The third kappa shape index (κ3) is 5.40. The van der Waals surface area contributed by atoms with Crippen molar-refractivity contribution in [3.63, 3.8) is 0 Å². The van der Waals surface area contributed by atoms with Gasteiger partial charge in [0.25, 0.3) is 0 Å². The molecule has 1 amide bonds. The zero-order chi connectivity index (χ0) is 28.1. The van der Waals surface area contributed by atoms with Gasteiger partial charge in [-0.3, -0.25) is 9.00 Å². The first-order valence-electron chi connectivity index (χ1n) is 12.5. The molecular weight excluding hydrogens is 555 g/mol. The number of nitrogens with zero attached hydrogens (tertiary/aromatic N) is 5. The topological polar surface area (TPSA) is 105 Å². The highest BCUT2D eigenvalue weighted by Crippen LogP contribution is 2.40. The van der Waals surface area contributed by atoms with Crippen LogP contribution >= 0.6 is 0 Å². The first-order chi connectivity index (χ1) is 18.4. The molecule has 1 unspecified atom stereocenters. The lowest BCUT2D eigenvalue weighted by molar-refractivity contribution is -0.190. The number of carbonyl (C=O) groups excluding carboxylic acids is 1. The molecule has 4 heterocycles. The number of carbonyl (C=O) groups is 1. The van der Waals surface area contributed by atoms with E-state index in [2.05, 4.69) is 10.1 Å². The summed E-state index contributed by atoms with van der Waals surface area (Å²) in [5, 5.41) is 4.85. The van der Waals surface area contributed by atoms with Crippen molar-refractivity contribution in [1.29, 1.82) is 0 Å². The number of rotatable bonds is 5. The Balaban J connectivity index is 1.42. The first-order valence-corrected chi connectivity index (χ1v) is 15.9. The predicted octanol–water partition coefficient (Wildman–Crippen LogP) is 3.44. The third-order valence-corrected chi connectivity index (χ3v) is 9.89. The van der Waals surface area contributed by atoms with Crippen molar-refractivity contribution in [2.24, 2.45) is 5.92 Å². The van der Waals surface area contributed by atoms with E-state index in [4.69, 9.17) is 0 Å². The number of amides is 1. The molecule has 2 aliphatic heterocycles. The summed E-state index contributed by atoms with van der Waals surface area (Å²) >= 11 is 0. The zero-order valence-electron chi connectivity index (χ0n) is 21.4. The van der Waals surface area contributed by atoms with Gasteiger partial charge < -0.3 is 9.80 Å². The van der Waals surface area contributed by atoms with E-state index in [1.807, 2.05) is 4.90 Å². The van der Waals surface area contributed by atoms with Crippen LogP contribution in [0, 0.1) is 5.92 Å². The van der Waals surface area contributed by atoms with Gasteiger partial charge in [0.15, 0.2) is 16.7 Å². The van der Waals surface area contributed by atoms with Crippen molar-refractivity contribution >= 4 is 43.6 Å². The van der Waals surface area contributed by atoms with Crippen LogP contribution in [0.3, 0.4) is 0 Å². The molecule has 0 spiro atoms. The zero-order valence-corrected chi connectivity index (χ0v) is 23.0. The van der Waals surface area contributed by atoms with Crippen molar-refractivity contribution in [3.8, 4) is 0 Å². The van der Waals surface area contributed by atoms with Gasteiger partial charge in [-0.05, 0) is 43.4 Å². The smallest absolute Gasteiger partial charge is 0.339 e. The standard InChI is InChI=1S/C25H28F3N5O4S2/c1-31(24(34)17-9-12-39(36,37)13-10-17)23(25(26,27)28)16-5-7-18(8-6-16)32-11-3-4-19-20(32)15-29-21-14-22(38(2)35)30-33(19)21/h5-8,14-15,17,23H,3-4,9-13H2,1-2H3/t23-,38?/m0/s1. The Morgan fingerprint density at radius 3 is 2.46 bits per heavy atom. The Morgan fingerprint density at radius 1 is 1.18 bits per heavy atom. The molecule has 5 rings (SSSR count). The normalized spacial score (nSPS) is 19.5. The fourth-order valence-electron chi connectivity index (χ4n) is 5.37. The number of hydrogen-bond acceptors (Lipinski definition) is 7. The highest BCUT2D eigenvalue weighted by molar-refractivity contribution is 7.91. The van der Waals surface area contributed by atoms with Gasteiger partial charge in [-0.2, -0.15) is 18.3 Å². The molecule has 2 aliphatic rings. The van der Waals surface area contributed by atoms with E-state index in [-0.39, 0.29) is 29.9 Å². The monoisotopic (exact) mass is 583 g/mol. The average molecular weight is 584 g/mol. The summed E-state index contributed by atoms with van der Waals surface area (Å²) in [5.41, 5.74) is 2.80. The van der Waals surface area contributed by atoms with E-state index < -0.39 is 44.7 Å².